The standard InChI is InChI=1S/C25H21I/c26-24-18-16-23(17-19-24)25(20-10-4-1-5-11-20,21-12-6-2-7-13-21)22-14-8-3-9-15-22/h1-14,16-19,22H,15H2/t22-/m0/s1. The molecular formula is C25H21I. The molecule has 0 spiro atoms. The Balaban J connectivity index is 2.04. The highest BCUT2D eigenvalue weighted by molar-refractivity contribution is 14.1. The van der Waals surface area contributed by atoms with E-state index >= 15 is 0 Å². The Morgan fingerprint density at radius 1 is 0.654 bits per heavy atom. The lowest BCUT2D eigenvalue weighted by Gasteiger charge is -2.42. The molecule has 0 N–H and O–H groups in total. The van der Waals surface area contributed by atoms with Crippen LogP contribution in [0.1, 0.15) is 23.1 Å². The Morgan fingerprint density at radius 2 is 1.19 bits per heavy atom. The third kappa shape index (κ3) is 3.05. The molecule has 0 nitrogen and oxygen atoms in total. The minimum atomic E-state index is -0.200. The molecule has 0 unspecified atom stereocenters. The molecule has 26 heavy (non-hydrogen) atoms. The van der Waals surface area contributed by atoms with Crippen LogP contribution in [0.15, 0.2) is 109 Å². The topological polar surface area (TPSA) is 0 Å². The largest absolute Gasteiger partial charge is 0.0839 e. The van der Waals surface area contributed by atoms with E-state index in [9.17, 15) is 0 Å². The molecule has 0 aliphatic heterocycles. The predicted octanol–water partition coefficient (Wildman–Crippen LogP) is 6.76. The van der Waals surface area contributed by atoms with Gasteiger partial charge in [-0.3, -0.25) is 0 Å². The average molecular weight is 448 g/mol. The van der Waals surface area contributed by atoms with Gasteiger partial charge >= 0.3 is 0 Å². The zero-order chi connectivity index (χ0) is 17.8. The van der Waals surface area contributed by atoms with Crippen molar-refractivity contribution in [3.05, 3.63) is 129 Å². The lowest BCUT2D eigenvalue weighted by molar-refractivity contribution is 0.448. The zero-order valence-corrected chi connectivity index (χ0v) is 16.7. The number of benzene rings is 3. The summed E-state index contributed by atoms with van der Waals surface area (Å²) < 4.78 is 1.26. The number of allylic oxidation sites excluding steroid dienone is 4. The Morgan fingerprint density at radius 3 is 1.69 bits per heavy atom. The summed E-state index contributed by atoms with van der Waals surface area (Å²) in [5.41, 5.74) is 3.84. The van der Waals surface area contributed by atoms with Gasteiger partial charge < -0.3 is 0 Å². The van der Waals surface area contributed by atoms with Crippen LogP contribution in [0.5, 0.6) is 0 Å². The van der Waals surface area contributed by atoms with Crippen molar-refractivity contribution in [2.75, 3.05) is 0 Å². The highest BCUT2D eigenvalue weighted by Crippen LogP contribution is 2.48. The second kappa shape index (κ2) is 7.63. The van der Waals surface area contributed by atoms with E-state index in [0.717, 1.165) is 6.42 Å². The minimum Gasteiger partial charge on any atom is -0.0839 e. The van der Waals surface area contributed by atoms with Gasteiger partial charge in [0.2, 0.25) is 0 Å². The van der Waals surface area contributed by atoms with Crippen molar-refractivity contribution in [3.8, 4) is 0 Å². The number of rotatable bonds is 4. The van der Waals surface area contributed by atoms with Crippen molar-refractivity contribution in [1.29, 1.82) is 0 Å². The van der Waals surface area contributed by atoms with Gasteiger partial charge in [-0.25, -0.2) is 0 Å². The molecule has 0 aromatic heterocycles. The summed E-state index contributed by atoms with van der Waals surface area (Å²) in [5, 5.41) is 0. The van der Waals surface area contributed by atoms with Gasteiger partial charge in [0.15, 0.2) is 0 Å². The van der Waals surface area contributed by atoms with E-state index in [2.05, 4.69) is 132 Å². The lowest BCUT2D eigenvalue weighted by atomic mass is 9.60. The van der Waals surface area contributed by atoms with Crippen LogP contribution in [-0.4, -0.2) is 0 Å². The molecule has 1 heteroatoms. The number of hydrogen-bond donors (Lipinski definition) is 0. The van der Waals surface area contributed by atoms with Gasteiger partial charge in [0, 0.05) is 3.57 Å². The third-order valence-corrected chi connectivity index (χ3v) is 6.01. The van der Waals surface area contributed by atoms with Crippen LogP contribution in [0.4, 0.5) is 0 Å². The minimum absolute atomic E-state index is 0.200. The van der Waals surface area contributed by atoms with Gasteiger partial charge in [0.25, 0.3) is 0 Å². The van der Waals surface area contributed by atoms with Crippen LogP contribution in [0.2, 0.25) is 0 Å². The van der Waals surface area contributed by atoms with E-state index in [1.54, 1.807) is 0 Å². The van der Waals surface area contributed by atoms with Crippen LogP contribution < -0.4 is 0 Å². The summed E-state index contributed by atoms with van der Waals surface area (Å²) in [4.78, 5) is 0. The molecular weight excluding hydrogens is 427 g/mol. The van der Waals surface area contributed by atoms with Gasteiger partial charge in [-0.2, -0.15) is 0 Å². The van der Waals surface area contributed by atoms with Crippen molar-refractivity contribution in [2.45, 2.75) is 11.8 Å². The van der Waals surface area contributed by atoms with Gasteiger partial charge in [0.1, 0.15) is 0 Å². The second-order valence-corrected chi connectivity index (χ2v) is 7.95. The molecule has 1 aliphatic rings. The quantitative estimate of drug-likeness (QED) is 0.306. The number of halogens is 1. The van der Waals surface area contributed by atoms with E-state index in [1.165, 1.54) is 20.3 Å². The average Bonchev–Trinajstić information content (AvgIpc) is 2.72. The van der Waals surface area contributed by atoms with Crippen molar-refractivity contribution >= 4 is 22.6 Å². The van der Waals surface area contributed by atoms with E-state index in [4.69, 9.17) is 0 Å². The van der Waals surface area contributed by atoms with Crippen LogP contribution in [0, 0.1) is 9.49 Å². The fraction of sp³-hybridized carbons (Fsp3) is 0.120. The molecule has 3 aromatic carbocycles. The fourth-order valence-electron chi connectivity index (χ4n) is 4.16. The second-order valence-electron chi connectivity index (χ2n) is 6.70. The Hall–Kier alpha value is -2.13. The Kier molecular flexibility index (Phi) is 5.07. The molecule has 0 saturated heterocycles. The first kappa shape index (κ1) is 17.3. The molecule has 1 aliphatic carbocycles. The van der Waals surface area contributed by atoms with Crippen LogP contribution in [0.25, 0.3) is 0 Å². The van der Waals surface area contributed by atoms with Crippen molar-refractivity contribution in [2.24, 2.45) is 5.92 Å². The van der Waals surface area contributed by atoms with Gasteiger partial charge in [0.05, 0.1) is 5.41 Å². The van der Waals surface area contributed by atoms with Crippen LogP contribution in [0.3, 0.4) is 0 Å². The Labute approximate surface area is 169 Å². The number of hydrogen-bond acceptors (Lipinski definition) is 0. The van der Waals surface area contributed by atoms with Gasteiger partial charge in [-0.15, -0.1) is 0 Å². The molecule has 0 bridgehead atoms. The van der Waals surface area contributed by atoms with Crippen molar-refractivity contribution in [1.82, 2.24) is 0 Å². The zero-order valence-electron chi connectivity index (χ0n) is 14.6. The van der Waals surface area contributed by atoms with Crippen LogP contribution >= 0.6 is 22.6 Å². The highest BCUT2D eigenvalue weighted by atomic mass is 127. The molecule has 0 heterocycles. The summed E-state index contributed by atoms with van der Waals surface area (Å²) in [6, 6.07) is 31.0. The maximum Gasteiger partial charge on any atom is 0.0516 e. The first-order chi connectivity index (χ1) is 12.8. The maximum atomic E-state index is 2.38. The van der Waals surface area contributed by atoms with Crippen molar-refractivity contribution in [3.63, 3.8) is 0 Å². The normalized spacial score (nSPS) is 16.6. The summed E-state index contributed by atoms with van der Waals surface area (Å²) in [5.74, 6) is 0.373. The summed E-state index contributed by atoms with van der Waals surface area (Å²) in [6.45, 7) is 0. The SMILES string of the molecule is Ic1ccc(C(c2ccccc2)(c2ccccc2)[C@H]2C=CC=CC2)cc1. The highest BCUT2D eigenvalue weighted by Gasteiger charge is 2.42. The molecule has 4 rings (SSSR count). The van der Waals surface area contributed by atoms with Crippen molar-refractivity contribution < 1.29 is 0 Å². The first-order valence-corrected chi connectivity index (χ1v) is 10.1. The summed E-state index contributed by atoms with van der Waals surface area (Å²) in [6.07, 6.45) is 10.1. The van der Waals surface area contributed by atoms with E-state index < -0.39 is 0 Å². The third-order valence-electron chi connectivity index (χ3n) is 5.29. The molecule has 0 fully saturated rings. The monoisotopic (exact) mass is 448 g/mol. The smallest absolute Gasteiger partial charge is 0.0516 e. The molecule has 0 amide bonds. The summed E-state index contributed by atoms with van der Waals surface area (Å²) in [7, 11) is 0. The molecule has 0 radical (unpaired) electrons. The Bertz CT molecular complexity index is 866. The maximum absolute atomic E-state index is 2.38. The van der Waals surface area contributed by atoms with Gasteiger partial charge in [-0.05, 0) is 63.8 Å². The first-order valence-electron chi connectivity index (χ1n) is 9.02. The molecule has 0 saturated carbocycles. The van der Waals surface area contributed by atoms with Gasteiger partial charge in [-0.1, -0.05) is 97.1 Å². The van der Waals surface area contributed by atoms with E-state index in [-0.39, 0.29) is 5.41 Å². The molecule has 128 valence electrons. The fourth-order valence-corrected chi connectivity index (χ4v) is 4.52. The predicted molar refractivity (Wildman–Crippen MR) is 118 cm³/mol. The molecule has 3 aromatic rings. The molecule has 1 atom stereocenters. The van der Waals surface area contributed by atoms with Crippen LogP contribution in [-0.2, 0) is 5.41 Å². The summed E-state index contributed by atoms with van der Waals surface area (Å²) >= 11 is 2.38. The van der Waals surface area contributed by atoms with E-state index in [1.807, 2.05) is 0 Å². The lowest BCUT2D eigenvalue weighted by Crippen LogP contribution is -2.37. The van der Waals surface area contributed by atoms with E-state index in [0.29, 0.717) is 5.92 Å².